The molecule has 0 aliphatic carbocycles. The highest BCUT2D eigenvalue weighted by atomic mass is 35.5. The van der Waals surface area contributed by atoms with E-state index in [-0.39, 0.29) is 0 Å². The SMILES string of the molecule is Cc1c(N)cccc1-c1c(Cl)c(Cl)cc(Cl)c1Cl. The lowest BCUT2D eigenvalue weighted by Gasteiger charge is -2.14. The molecular formula is C13H9Cl4N. The number of hydrogen-bond acceptors (Lipinski definition) is 1. The Morgan fingerprint density at radius 1 is 0.944 bits per heavy atom. The first-order valence-corrected chi connectivity index (χ1v) is 6.63. The molecule has 2 N–H and O–H groups in total. The summed E-state index contributed by atoms with van der Waals surface area (Å²) in [4.78, 5) is 0. The quantitative estimate of drug-likeness (QED) is 0.517. The zero-order valence-corrected chi connectivity index (χ0v) is 12.4. The molecule has 0 aromatic heterocycles. The molecule has 0 heterocycles. The van der Waals surface area contributed by atoms with Crippen molar-refractivity contribution in [3.63, 3.8) is 0 Å². The van der Waals surface area contributed by atoms with Crippen LogP contribution in [0.1, 0.15) is 5.56 Å². The molecule has 1 nitrogen and oxygen atoms in total. The Labute approximate surface area is 125 Å². The van der Waals surface area contributed by atoms with Gasteiger partial charge in [0.05, 0.1) is 20.1 Å². The number of nitrogens with two attached hydrogens (primary N) is 1. The maximum absolute atomic E-state index is 6.21. The van der Waals surface area contributed by atoms with E-state index in [1.54, 1.807) is 0 Å². The molecule has 2 rings (SSSR count). The number of benzene rings is 2. The number of nitrogen functional groups attached to an aromatic ring is 1. The molecule has 0 amide bonds. The monoisotopic (exact) mass is 319 g/mol. The van der Waals surface area contributed by atoms with E-state index in [0.29, 0.717) is 31.3 Å². The van der Waals surface area contributed by atoms with E-state index in [9.17, 15) is 0 Å². The van der Waals surface area contributed by atoms with Gasteiger partial charge >= 0.3 is 0 Å². The highest BCUT2D eigenvalue weighted by Gasteiger charge is 2.17. The standard InChI is InChI=1S/C13H9Cl4N/c1-6-7(3-2-4-10(6)18)11-12(16)8(14)5-9(15)13(11)17/h2-5H,18H2,1H3. The van der Waals surface area contributed by atoms with Gasteiger partial charge in [0.1, 0.15) is 0 Å². The average molecular weight is 321 g/mol. The second-order valence-electron chi connectivity index (χ2n) is 3.86. The van der Waals surface area contributed by atoms with E-state index >= 15 is 0 Å². The number of rotatable bonds is 1. The molecule has 5 heteroatoms. The van der Waals surface area contributed by atoms with Crippen molar-refractivity contribution in [3.05, 3.63) is 49.9 Å². The Bertz CT molecular complexity index is 597. The van der Waals surface area contributed by atoms with Crippen LogP contribution in [0.2, 0.25) is 20.1 Å². The largest absolute Gasteiger partial charge is 0.398 e. The lowest BCUT2D eigenvalue weighted by molar-refractivity contribution is 1.46. The van der Waals surface area contributed by atoms with Gasteiger partial charge in [-0.2, -0.15) is 0 Å². The van der Waals surface area contributed by atoms with Gasteiger partial charge in [-0.25, -0.2) is 0 Å². The third-order valence-electron chi connectivity index (χ3n) is 2.76. The summed E-state index contributed by atoms with van der Waals surface area (Å²) in [5.41, 5.74) is 8.87. The van der Waals surface area contributed by atoms with Crippen molar-refractivity contribution in [3.8, 4) is 11.1 Å². The molecule has 0 unspecified atom stereocenters. The Morgan fingerprint density at radius 2 is 1.50 bits per heavy atom. The normalized spacial score (nSPS) is 10.7. The van der Waals surface area contributed by atoms with Gasteiger partial charge in [0, 0.05) is 11.3 Å². The highest BCUT2D eigenvalue weighted by Crippen LogP contribution is 2.44. The van der Waals surface area contributed by atoms with Crippen LogP contribution in [0.3, 0.4) is 0 Å². The first-order valence-electron chi connectivity index (χ1n) is 5.12. The zero-order chi connectivity index (χ0) is 13.4. The van der Waals surface area contributed by atoms with Crippen LogP contribution < -0.4 is 5.73 Å². The number of anilines is 1. The van der Waals surface area contributed by atoms with E-state index in [2.05, 4.69) is 0 Å². The van der Waals surface area contributed by atoms with E-state index in [1.165, 1.54) is 6.07 Å². The summed E-state index contributed by atoms with van der Waals surface area (Å²) < 4.78 is 0. The summed E-state index contributed by atoms with van der Waals surface area (Å²) in [6.07, 6.45) is 0. The lowest BCUT2D eigenvalue weighted by atomic mass is 9.99. The van der Waals surface area contributed by atoms with Gasteiger partial charge in [0.2, 0.25) is 0 Å². The van der Waals surface area contributed by atoms with Gasteiger partial charge < -0.3 is 5.73 Å². The molecule has 0 saturated heterocycles. The first kappa shape index (κ1) is 13.8. The van der Waals surface area contributed by atoms with Gasteiger partial charge in [-0.05, 0) is 30.2 Å². The summed E-state index contributed by atoms with van der Waals surface area (Å²) in [6.45, 7) is 1.89. The van der Waals surface area contributed by atoms with Crippen LogP contribution in [-0.2, 0) is 0 Å². The molecule has 0 radical (unpaired) electrons. The molecular weight excluding hydrogens is 312 g/mol. The van der Waals surface area contributed by atoms with Crippen molar-refractivity contribution in [2.75, 3.05) is 5.73 Å². The molecule has 0 spiro atoms. The highest BCUT2D eigenvalue weighted by molar-refractivity contribution is 6.50. The van der Waals surface area contributed by atoms with Crippen molar-refractivity contribution >= 4 is 52.1 Å². The second-order valence-corrected chi connectivity index (χ2v) is 5.43. The molecule has 0 aliphatic rings. The lowest BCUT2D eigenvalue weighted by Crippen LogP contribution is -1.93. The molecule has 0 aliphatic heterocycles. The molecule has 2 aromatic rings. The van der Waals surface area contributed by atoms with Crippen LogP contribution in [0.25, 0.3) is 11.1 Å². The molecule has 18 heavy (non-hydrogen) atoms. The molecule has 2 aromatic carbocycles. The van der Waals surface area contributed by atoms with Crippen molar-refractivity contribution in [2.24, 2.45) is 0 Å². The second kappa shape index (κ2) is 5.18. The van der Waals surface area contributed by atoms with Crippen LogP contribution >= 0.6 is 46.4 Å². The first-order chi connectivity index (χ1) is 8.43. The Morgan fingerprint density at radius 3 is 2.06 bits per heavy atom. The molecule has 0 saturated carbocycles. The fourth-order valence-electron chi connectivity index (χ4n) is 1.73. The maximum atomic E-state index is 6.21. The van der Waals surface area contributed by atoms with Gasteiger partial charge in [-0.1, -0.05) is 58.5 Å². The van der Waals surface area contributed by atoms with Crippen LogP contribution in [-0.4, -0.2) is 0 Å². The summed E-state index contributed by atoms with van der Waals surface area (Å²) in [5.74, 6) is 0. The van der Waals surface area contributed by atoms with Crippen LogP contribution in [0, 0.1) is 6.92 Å². The molecule has 0 atom stereocenters. The van der Waals surface area contributed by atoms with Crippen molar-refractivity contribution < 1.29 is 0 Å². The Balaban J connectivity index is 2.83. The van der Waals surface area contributed by atoms with E-state index in [1.807, 2.05) is 25.1 Å². The minimum atomic E-state index is 0.364. The van der Waals surface area contributed by atoms with Crippen molar-refractivity contribution in [2.45, 2.75) is 6.92 Å². The van der Waals surface area contributed by atoms with E-state index in [0.717, 1.165) is 11.1 Å². The summed E-state index contributed by atoms with van der Waals surface area (Å²) in [7, 11) is 0. The molecule has 0 bridgehead atoms. The predicted octanol–water partition coefficient (Wildman–Crippen LogP) is 5.86. The summed E-state index contributed by atoms with van der Waals surface area (Å²) in [6, 6.07) is 7.05. The third-order valence-corrected chi connectivity index (χ3v) is 4.33. The summed E-state index contributed by atoms with van der Waals surface area (Å²) in [5, 5.41) is 1.48. The number of halogens is 4. The fourth-order valence-corrected chi connectivity index (χ4v) is 2.75. The van der Waals surface area contributed by atoms with Gasteiger partial charge in [-0.15, -0.1) is 0 Å². The minimum Gasteiger partial charge on any atom is -0.398 e. The van der Waals surface area contributed by atoms with Crippen LogP contribution in [0.4, 0.5) is 5.69 Å². The van der Waals surface area contributed by atoms with Crippen LogP contribution in [0.5, 0.6) is 0 Å². The third kappa shape index (κ3) is 2.28. The Hall–Kier alpha value is -0.600. The zero-order valence-electron chi connectivity index (χ0n) is 9.40. The fraction of sp³-hybridized carbons (Fsp3) is 0.0769. The van der Waals surface area contributed by atoms with E-state index in [4.69, 9.17) is 52.1 Å². The van der Waals surface area contributed by atoms with Gasteiger partial charge in [-0.3, -0.25) is 0 Å². The molecule has 94 valence electrons. The number of hydrogen-bond donors (Lipinski definition) is 1. The topological polar surface area (TPSA) is 26.0 Å². The van der Waals surface area contributed by atoms with Gasteiger partial charge in [0.25, 0.3) is 0 Å². The van der Waals surface area contributed by atoms with Crippen LogP contribution in [0.15, 0.2) is 24.3 Å². The maximum Gasteiger partial charge on any atom is 0.0686 e. The predicted molar refractivity (Wildman–Crippen MR) is 81.1 cm³/mol. The van der Waals surface area contributed by atoms with Crippen molar-refractivity contribution in [1.29, 1.82) is 0 Å². The smallest absolute Gasteiger partial charge is 0.0686 e. The van der Waals surface area contributed by atoms with E-state index < -0.39 is 0 Å². The summed E-state index contributed by atoms with van der Waals surface area (Å²) >= 11 is 24.5. The average Bonchev–Trinajstić information content (AvgIpc) is 2.32. The minimum absolute atomic E-state index is 0.364. The Kier molecular flexibility index (Phi) is 3.98. The van der Waals surface area contributed by atoms with Crippen molar-refractivity contribution in [1.82, 2.24) is 0 Å². The molecule has 0 fully saturated rings. The van der Waals surface area contributed by atoms with Gasteiger partial charge in [0.15, 0.2) is 0 Å².